The van der Waals surface area contributed by atoms with Crippen LogP contribution in [-0.2, 0) is 6.67 Å². The van der Waals surface area contributed by atoms with Crippen LogP contribution in [0.3, 0.4) is 0 Å². The summed E-state index contributed by atoms with van der Waals surface area (Å²) < 4.78 is 17.7. The fraction of sp³-hybridized carbons (Fsp3) is 0.0909. The molecule has 88 valence electrons. The van der Waals surface area contributed by atoms with Gasteiger partial charge in [0.1, 0.15) is 12.4 Å². The van der Waals surface area contributed by atoms with Crippen LogP contribution in [0.1, 0.15) is 16.1 Å². The summed E-state index contributed by atoms with van der Waals surface area (Å²) in [5.41, 5.74) is 1.58. The zero-order valence-electron chi connectivity index (χ0n) is 8.48. The number of rotatable bonds is 3. The highest BCUT2D eigenvalue weighted by molar-refractivity contribution is 9.10. The van der Waals surface area contributed by atoms with Crippen molar-refractivity contribution in [3.05, 3.63) is 40.1 Å². The lowest BCUT2D eigenvalue weighted by atomic mass is 10.1. The maximum Gasteiger partial charge on any atom is 0.374 e. The molecule has 0 saturated heterocycles. The second kappa shape index (κ2) is 4.67. The highest BCUT2D eigenvalue weighted by Crippen LogP contribution is 2.26. The summed E-state index contributed by atoms with van der Waals surface area (Å²) in [5, 5.41) is 12.3. The molecule has 4 nitrogen and oxygen atoms in total. The van der Waals surface area contributed by atoms with Crippen molar-refractivity contribution < 1.29 is 18.8 Å². The van der Waals surface area contributed by atoms with Gasteiger partial charge in [0.25, 0.3) is 0 Å². The lowest BCUT2D eigenvalue weighted by Crippen LogP contribution is -1.91. The van der Waals surface area contributed by atoms with Crippen molar-refractivity contribution >= 4 is 21.9 Å². The van der Waals surface area contributed by atoms with Gasteiger partial charge in [0, 0.05) is 16.1 Å². The molecular formula is C11H7BrFNO3. The van der Waals surface area contributed by atoms with Crippen LogP contribution < -0.4 is 0 Å². The first kappa shape index (κ1) is 11.8. The van der Waals surface area contributed by atoms with E-state index in [4.69, 9.17) is 5.11 Å². The van der Waals surface area contributed by atoms with Gasteiger partial charge in [0.2, 0.25) is 5.76 Å². The van der Waals surface area contributed by atoms with E-state index in [1.165, 1.54) is 6.07 Å². The van der Waals surface area contributed by atoms with E-state index in [-0.39, 0.29) is 5.76 Å². The maximum absolute atomic E-state index is 12.5. The third kappa shape index (κ3) is 2.36. The number of halogens is 2. The van der Waals surface area contributed by atoms with E-state index in [1.807, 2.05) is 0 Å². The van der Waals surface area contributed by atoms with E-state index in [2.05, 4.69) is 25.6 Å². The minimum absolute atomic E-state index is 0.231. The van der Waals surface area contributed by atoms with Crippen molar-refractivity contribution in [1.82, 2.24) is 5.16 Å². The molecular weight excluding hydrogens is 293 g/mol. The first-order valence-corrected chi connectivity index (χ1v) is 5.46. The monoisotopic (exact) mass is 299 g/mol. The normalized spacial score (nSPS) is 10.5. The number of hydrogen-bond acceptors (Lipinski definition) is 3. The number of aromatic nitrogens is 1. The van der Waals surface area contributed by atoms with Crippen molar-refractivity contribution in [2.45, 2.75) is 6.67 Å². The van der Waals surface area contributed by atoms with Crippen LogP contribution in [0.5, 0.6) is 0 Å². The van der Waals surface area contributed by atoms with Crippen molar-refractivity contribution in [2.24, 2.45) is 0 Å². The average Bonchev–Trinajstić information content (AvgIpc) is 2.78. The molecule has 0 fully saturated rings. The number of carbonyl (C=O) groups is 1. The molecule has 17 heavy (non-hydrogen) atoms. The molecule has 0 aliphatic carbocycles. The molecule has 0 atom stereocenters. The smallest absolute Gasteiger partial charge is 0.374 e. The molecule has 2 aromatic rings. The van der Waals surface area contributed by atoms with Gasteiger partial charge >= 0.3 is 5.97 Å². The predicted octanol–water partition coefficient (Wildman–Crippen LogP) is 3.27. The molecule has 0 unspecified atom stereocenters. The molecule has 0 radical (unpaired) electrons. The Labute approximate surface area is 104 Å². The second-order valence-electron chi connectivity index (χ2n) is 3.32. The van der Waals surface area contributed by atoms with Gasteiger partial charge in [-0.1, -0.05) is 33.2 Å². The van der Waals surface area contributed by atoms with Crippen molar-refractivity contribution in [3.63, 3.8) is 0 Å². The third-order valence-corrected chi connectivity index (χ3v) is 2.95. The van der Waals surface area contributed by atoms with E-state index in [9.17, 15) is 9.18 Å². The Bertz CT molecular complexity index is 568. The Morgan fingerprint density at radius 3 is 2.76 bits per heavy atom. The number of nitrogens with zero attached hydrogens (tertiary/aromatic N) is 1. The highest BCUT2D eigenvalue weighted by atomic mass is 79.9. The van der Waals surface area contributed by atoms with Crippen molar-refractivity contribution in [1.29, 1.82) is 0 Å². The third-order valence-electron chi connectivity index (χ3n) is 2.21. The second-order valence-corrected chi connectivity index (χ2v) is 4.18. The van der Waals surface area contributed by atoms with Gasteiger partial charge in [-0.05, 0) is 11.6 Å². The van der Waals surface area contributed by atoms with Crippen LogP contribution in [-0.4, -0.2) is 16.2 Å². The van der Waals surface area contributed by atoms with Gasteiger partial charge in [-0.3, -0.25) is 0 Å². The van der Waals surface area contributed by atoms with Crippen LogP contribution in [0.4, 0.5) is 4.39 Å². The van der Waals surface area contributed by atoms with Gasteiger partial charge in [0.05, 0.1) is 0 Å². The number of carboxylic acid groups (broad SMARTS) is 1. The molecule has 1 aromatic heterocycles. The number of alkyl halides is 1. The zero-order valence-corrected chi connectivity index (χ0v) is 10.1. The standard InChI is InChI=1S/C11H7BrFNO3/c12-8-3-6(1-2-7(8)5-13)9-4-10(11(15)16)17-14-9/h1-4H,5H2,(H,15,16). The van der Waals surface area contributed by atoms with E-state index < -0.39 is 12.6 Å². The molecule has 1 heterocycles. The van der Waals surface area contributed by atoms with Crippen molar-refractivity contribution in [3.8, 4) is 11.3 Å². The van der Waals surface area contributed by atoms with E-state index in [0.29, 0.717) is 21.3 Å². The molecule has 1 N–H and O–H groups in total. The van der Waals surface area contributed by atoms with Crippen LogP contribution >= 0.6 is 15.9 Å². The number of aromatic carboxylic acids is 1. The van der Waals surface area contributed by atoms with Gasteiger partial charge in [-0.25, -0.2) is 9.18 Å². The highest BCUT2D eigenvalue weighted by Gasteiger charge is 2.13. The van der Waals surface area contributed by atoms with Gasteiger partial charge < -0.3 is 9.63 Å². The summed E-state index contributed by atoms with van der Waals surface area (Å²) in [5.74, 6) is -1.41. The fourth-order valence-electron chi connectivity index (χ4n) is 1.33. The molecule has 0 aliphatic heterocycles. The summed E-state index contributed by atoms with van der Waals surface area (Å²) in [4.78, 5) is 10.6. The van der Waals surface area contributed by atoms with E-state index in [1.54, 1.807) is 18.2 Å². The zero-order chi connectivity index (χ0) is 12.4. The summed E-state index contributed by atoms with van der Waals surface area (Å²) in [6.45, 7) is -0.569. The molecule has 0 spiro atoms. The fourth-order valence-corrected chi connectivity index (χ4v) is 1.81. The van der Waals surface area contributed by atoms with E-state index in [0.717, 1.165) is 0 Å². The first-order chi connectivity index (χ1) is 8.11. The van der Waals surface area contributed by atoms with Crippen LogP contribution in [0, 0.1) is 0 Å². The minimum Gasteiger partial charge on any atom is -0.475 e. The Balaban J connectivity index is 2.39. The van der Waals surface area contributed by atoms with Gasteiger partial charge in [-0.2, -0.15) is 0 Å². The SMILES string of the molecule is O=C(O)c1cc(-c2ccc(CF)c(Br)c2)no1. The molecule has 1 aromatic carbocycles. The summed E-state index contributed by atoms with van der Waals surface area (Å²) in [6.07, 6.45) is 0. The van der Waals surface area contributed by atoms with Crippen molar-refractivity contribution in [2.75, 3.05) is 0 Å². The number of hydrogen-bond donors (Lipinski definition) is 1. The molecule has 0 amide bonds. The Kier molecular flexibility index (Phi) is 3.23. The summed E-state index contributed by atoms with van der Waals surface area (Å²) >= 11 is 3.23. The summed E-state index contributed by atoms with van der Waals surface area (Å²) in [7, 11) is 0. The molecule has 6 heteroatoms. The van der Waals surface area contributed by atoms with Crippen LogP contribution in [0.25, 0.3) is 11.3 Å². The molecule has 0 saturated carbocycles. The Morgan fingerprint density at radius 1 is 1.47 bits per heavy atom. The minimum atomic E-state index is -1.18. The molecule has 0 bridgehead atoms. The molecule has 2 rings (SSSR count). The lowest BCUT2D eigenvalue weighted by molar-refractivity contribution is 0.0652. The topological polar surface area (TPSA) is 63.3 Å². The predicted molar refractivity (Wildman–Crippen MR) is 61.4 cm³/mol. The summed E-state index contributed by atoms with van der Waals surface area (Å²) in [6, 6.07) is 6.25. The maximum atomic E-state index is 12.5. The van der Waals surface area contributed by atoms with Gasteiger partial charge in [0.15, 0.2) is 0 Å². The molecule has 0 aliphatic rings. The van der Waals surface area contributed by atoms with Gasteiger partial charge in [-0.15, -0.1) is 0 Å². The Morgan fingerprint density at radius 2 is 2.24 bits per heavy atom. The van der Waals surface area contributed by atoms with Crippen LogP contribution in [0.15, 0.2) is 33.3 Å². The lowest BCUT2D eigenvalue weighted by Gasteiger charge is -2.01. The Hall–Kier alpha value is -1.69. The van der Waals surface area contributed by atoms with Crippen LogP contribution in [0.2, 0.25) is 0 Å². The van der Waals surface area contributed by atoms with E-state index >= 15 is 0 Å². The first-order valence-electron chi connectivity index (χ1n) is 4.66. The number of carboxylic acids is 1. The average molecular weight is 300 g/mol. The largest absolute Gasteiger partial charge is 0.475 e. The number of benzene rings is 1. The quantitative estimate of drug-likeness (QED) is 0.945.